The Balaban J connectivity index is 3.02. The fourth-order valence-corrected chi connectivity index (χ4v) is 2.52. The number of hydrogen-bond donors (Lipinski definition) is 0. The predicted molar refractivity (Wildman–Crippen MR) is 109 cm³/mol. The molecule has 0 fully saturated rings. The van der Waals surface area contributed by atoms with E-state index in [1.807, 2.05) is 0 Å². The van der Waals surface area contributed by atoms with Crippen LogP contribution in [0.3, 0.4) is 0 Å². The van der Waals surface area contributed by atoms with E-state index < -0.39 is 6.49 Å². The Kier molecular flexibility index (Phi) is 21.9. The molecule has 0 aromatic heterocycles. The van der Waals surface area contributed by atoms with Gasteiger partial charge in [0.05, 0.1) is 85.9 Å². The van der Waals surface area contributed by atoms with E-state index >= 15 is 0 Å². The Morgan fingerprint density at radius 3 is 1.22 bits per heavy atom. The predicted octanol–water partition coefficient (Wildman–Crippen LogP) is 0.765. The molecule has 0 spiro atoms. The van der Waals surface area contributed by atoms with Crippen molar-refractivity contribution in [2.75, 3.05) is 105 Å². The molecule has 1 atom stereocenters. The summed E-state index contributed by atoms with van der Waals surface area (Å²) in [6.45, 7) is 5.20. The maximum atomic E-state index is 11.1. The van der Waals surface area contributed by atoms with Gasteiger partial charge in [-0.15, -0.1) is 0 Å². The van der Waals surface area contributed by atoms with Crippen LogP contribution in [0.15, 0.2) is 0 Å². The zero-order valence-corrected chi connectivity index (χ0v) is 19.0. The van der Waals surface area contributed by atoms with E-state index in [-0.39, 0.29) is 6.61 Å². The van der Waals surface area contributed by atoms with Crippen LogP contribution in [0.1, 0.15) is 0 Å². The first-order valence-corrected chi connectivity index (χ1v) is 13.4. The summed E-state index contributed by atoms with van der Waals surface area (Å²) < 4.78 is 37.0. The maximum absolute atomic E-state index is 11.1. The fraction of sp³-hybridized carbons (Fsp3) is 1.00. The SMILES string of the molecule is CSCCOCCOCCOCCOCCOCCOCCOP(C)([O-])=S. The van der Waals surface area contributed by atoms with Gasteiger partial charge in [0, 0.05) is 5.75 Å². The first-order valence-electron chi connectivity index (χ1n) is 8.94. The fourth-order valence-electron chi connectivity index (χ4n) is 1.61. The van der Waals surface area contributed by atoms with Gasteiger partial charge in [0.1, 0.15) is 0 Å². The molecule has 0 aliphatic rings. The van der Waals surface area contributed by atoms with Gasteiger partial charge in [0.15, 0.2) is 0 Å². The lowest BCUT2D eigenvalue weighted by atomic mass is 10.7. The number of rotatable bonds is 22. The number of ether oxygens (including phenoxy) is 6. The van der Waals surface area contributed by atoms with E-state index in [4.69, 9.17) is 32.9 Å². The highest BCUT2D eigenvalue weighted by molar-refractivity contribution is 8.08. The summed E-state index contributed by atoms with van der Waals surface area (Å²) >= 11 is 6.40. The minimum Gasteiger partial charge on any atom is -0.801 e. The molecule has 0 heterocycles. The molecule has 27 heavy (non-hydrogen) atoms. The average molecular weight is 450 g/mol. The zero-order valence-electron chi connectivity index (χ0n) is 16.4. The summed E-state index contributed by atoms with van der Waals surface area (Å²) in [5.74, 6) is 1.01. The average Bonchev–Trinajstić information content (AvgIpc) is 2.62. The van der Waals surface area contributed by atoms with Crippen LogP contribution in [0.25, 0.3) is 0 Å². The van der Waals surface area contributed by atoms with Gasteiger partial charge in [-0.05, 0) is 19.4 Å². The monoisotopic (exact) mass is 449 g/mol. The molecular formula is C16H34O8PS2-. The van der Waals surface area contributed by atoms with Gasteiger partial charge in [-0.25, -0.2) is 0 Å². The second-order valence-corrected chi connectivity index (χ2v) is 10.0. The highest BCUT2D eigenvalue weighted by Crippen LogP contribution is 2.30. The molecule has 0 aromatic carbocycles. The lowest BCUT2D eigenvalue weighted by Crippen LogP contribution is -2.14. The molecule has 8 nitrogen and oxygen atoms in total. The minimum absolute atomic E-state index is 0.234. The van der Waals surface area contributed by atoms with Crippen LogP contribution in [-0.2, 0) is 44.8 Å². The quantitative estimate of drug-likeness (QED) is 0.174. The van der Waals surface area contributed by atoms with Crippen LogP contribution in [0.5, 0.6) is 0 Å². The Bertz CT molecular complexity index is 346. The standard InChI is InChI=1S/C16H35O8PS2/c1-25(17,26)24-14-13-22-10-9-20-6-5-18-3-4-19-7-8-21-11-12-23-15-16-27-2/h3-16H2,1-2H3,(H,17,26)/p-1. The Morgan fingerprint density at radius 2 is 0.926 bits per heavy atom. The van der Waals surface area contributed by atoms with Crippen molar-refractivity contribution in [3.8, 4) is 0 Å². The summed E-state index contributed by atoms with van der Waals surface area (Å²) in [6, 6.07) is 0. The van der Waals surface area contributed by atoms with Crippen molar-refractivity contribution in [1.82, 2.24) is 0 Å². The molecule has 0 rings (SSSR count). The second-order valence-electron chi connectivity index (χ2n) is 5.27. The number of thioether (sulfide) groups is 1. The van der Waals surface area contributed by atoms with Gasteiger partial charge in [-0.1, -0.05) is 11.8 Å². The van der Waals surface area contributed by atoms with Crippen LogP contribution in [0.4, 0.5) is 0 Å². The Labute approximate surface area is 172 Å². The van der Waals surface area contributed by atoms with Crippen LogP contribution in [0.2, 0.25) is 0 Å². The van der Waals surface area contributed by atoms with E-state index in [2.05, 4.69) is 18.1 Å². The minimum atomic E-state index is -2.83. The molecule has 0 N–H and O–H groups in total. The molecule has 1 unspecified atom stereocenters. The van der Waals surface area contributed by atoms with Gasteiger partial charge in [0.25, 0.3) is 0 Å². The summed E-state index contributed by atoms with van der Waals surface area (Å²) in [7, 11) is 0. The van der Waals surface area contributed by atoms with Crippen molar-refractivity contribution < 1.29 is 37.8 Å². The Morgan fingerprint density at radius 1 is 0.630 bits per heavy atom. The van der Waals surface area contributed by atoms with Crippen LogP contribution in [-0.4, -0.2) is 105 Å². The summed E-state index contributed by atoms with van der Waals surface area (Å²) in [5.41, 5.74) is 0. The van der Waals surface area contributed by atoms with Crippen LogP contribution < -0.4 is 4.89 Å². The van der Waals surface area contributed by atoms with Crippen molar-refractivity contribution >= 4 is 30.1 Å². The van der Waals surface area contributed by atoms with Gasteiger partial charge in [-0.2, -0.15) is 11.8 Å². The highest BCUT2D eigenvalue weighted by Gasteiger charge is 1.96. The lowest BCUT2D eigenvalue weighted by molar-refractivity contribution is -0.181. The molecule has 0 saturated heterocycles. The highest BCUT2D eigenvalue weighted by atomic mass is 32.5. The van der Waals surface area contributed by atoms with Crippen LogP contribution >= 0.6 is 18.3 Å². The third-order valence-electron chi connectivity index (χ3n) is 2.85. The first kappa shape index (κ1) is 27.7. The van der Waals surface area contributed by atoms with Crippen molar-refractivity contribution in [3.63, 3.8) is 0 Å². The smallest absolute Gasteiger partial charge is 0.0736 e. The topological polar surface area (TPSA) is 87.7 Å². The lowest BCUT2D eigenvalue weighted by Gasteiger charge is -2.22. The third-order valence-corrected chi connectivity index (χ3v) is 4.39. The molecule has 0 aliphatic carbocycles. The molecular weight excluding hydrogens is 415 g/mol. The van der Waals surface area contributed by atoms with Gasteiger partial charge in [0.2, 0.25) is 0 Å². The molecule has 164 valence electrons. The maximum Gasteiger partial charge on any atom is 0.0736 e. The molecule has 11 heteroatoms. The largest absolute Gasteiger partial charge is 0.801 e. The second kappa shape index (κ2) is 21.4. The summed E-state index contributed by atoms with van der Waals surface area (Å²) in [5, 5.41) is 0. The molecule has 0 amide bonds. The van der Waals surface area contributed by atoms with E-state index in [1.165, 1.54) is 6.66 Å². The normalized spacial score (nSPS) is 13.7. The molecule has 0 saturated carbocycles. The molecule has 0 aliphatic heterocycles. The van der Waals surface area contributed by atoms with E-state index in [1.54, 1.807) is 11.8 Å². The van der Waals surface area contributed by atoms with Crippen LogP contribution in [0, 0.1) is 0 Å². The van der Waals surface area contributed by atoms with E-state index in [0.29, 0.717) is 72.7 Å². The zero-order chi connectivity index (χ0) is 20.1. The van der Waals surface area contributed by atoms with Crippen molar-refractivity contribution in [1.29, 1.82) is 0 Å². The van der Waals surface area contributed by atoms with Gasteiger partial charge < -0.3 is 37.8 Å². The third kappa shape index (κ3) is 26.7. The molecule has 0 radical (unpaired) electrons. The van der Waals surface area contributed by atoms with Crippen molar-refractivity contribution in [3.05, 3.63) is 0 Å². The number of hydrogen-bond acceptors (Lipinski definition) is 10. The molecule has 0 aromatic rings. The van der Waals surface area contributed by atoms with Crippen molar-refractivity contribution in [2.24, 2.45) is 0 Å². The summed E-state index contributed by atoms with van der Waals surface area (Å²) in [6.07, 6.45) is 2.06. The van der Waals surface area contributed by atoms with E-state index in [9.17, 15) is 4.89 Å². The summed E-state index contributed by atoms with van der Waals surface area (Å²) in [4.78, 5) is 11.1. The van der Waals surface area contributed by atoms with Gasteiger partial charge >= 0.3 is 0 Å². The van der Waals surface area contributed by atoms with Gasteiger partial charge in [-0.3, -0.25) is 0 Å². The molecule has 0 bridgehead atoms. The van der Waals surface area contributed by atoms with Crippen molar-refractivity contribution in [2.45, 2.75) is 0 Å². The first-order chi connectivity index (χ1) is 13.1. The Hall–Kier alpha value is 0.680. The van der Waals surface area contributed by atoms with E-state index in [0.717, 1.165) is 12.4 Å².